The first kappa shape index (κ1) is 18.1. The SMILES string of the molecule is CO[Si](C)(OC)C(C(=O)C(F)(F)F)C(=O)C(F)(F)F. The molecule has 0 aromatic rings. The van der Waals surface area contributed by atoms with Gasteiger partial charge in [-0.05, 0) is 6.55 Å². The Hall–Kier alpha value is -0.943. The Balaban J connectivity index is 5.79. The van der Waals surface area contributed by atoms with Crippen molar-refractivity contribution in [2.75, 3.05) is 14.2 Å². The zero-order valence-electron chi connectivity index (χ0n) is 9.98. The highest BCUT2D eigenvalue weighted by Crippen LogP contribution is 2.37. The Morgan fingerprint density at radius 1 is 0.895 bits per heavy atom. The largest absolute Gasteiger partial charge is 0.450 e. The van der Waals surface area contributed by atoms with Crippen molar-refractivity contribution in [1.82, 2.24) is 0 Å². The quantitative estimate of drug-likeness (QED) is 0.442. The van der Waals surface area contributed by atoms with Crippen LogP contribution in [0.25, 0.3) is 0 Å². The van der Waals surface area contributed by atoms with Gasteiger partial charge in [-0.25, -0.2) is 0 Å². The Bertz CT molecular complexity index is 333. The molecule has 0 aliphatic carbocycles. The smallest absolute Gasteiger partial charge is 0.397 e. The molecule has 11 heteroatoms. The van der Waals surface area contributed by atoms with Gasteiger partial charge < -0.3 is 8.85 Å². The third-order valence-electron chi connectivity index (χ3n) is 2.42. The van der Waals surface area contributed by atoms with Gasteiger partial charge in [0.25, 0.3) is 0 Å². The minimum Gasteiger partial charge on any atom is -0.397 e. The zero-order chi connectivity index (χ0) is 15.6. The second-order valence-corrected chi connectivity index (χ2v) is 7.01. The fourth-order valence-electron chi connectivity index (χ4n) is 1.24. The van der Waals surface area contributed by atoms with Crippen molar-refractivity contribution in [2.24, 2.45) is 0 Å². The Morgan fingerprint density at radius 3 is 1.32 bits per heavy atom. The van der Waals surface area contributed by atoms with Crippen LogP contribution in [0.1, 0.15) is 0 Å². The third kappa shape index (κ3) is 4.01. The molecule has 0 amide bonds. The van der Waals surface area contributed by atoms with E-state index in [9.17, 15) is 35.9 Å². The fraction of sp³-hybridized carbons (Fsp3) is 0.750. The summed E-state index contributed by atoms with van der Waals surface area (Å²) < 4.78 is 82.7. The summed E-state index contributed by atoms with van der Waals surface area (Å²) in [6.45, 7) is 0.769. The van der Waals surface area contributed by atoms with E-state index < -0.39 is 38.0 Å². The van der Waals surface area contributed by atoms with Gasteiger partial charge in [-0.3, -0.25) is 9.59 Å². The molecule has 0 rings (SSSR count). The molecule has 0 fully saturated rings. The van der Waals surface area contributed by atoms with E-state index in [1.165, 1.54) is 0 Å². The average Bonchev–Trinajstić information content (AvgIpc) is 2.26. The maximum atomic E-state index is 12.3. The number of ketones is 2. The molecular weight excluding hydrogens is 302 g/mol. The molecule has 0 heterocycles. The summed E-state index contributed by atoms with van der Waals surface area (Å²) in [6, 6.07) is 0. The van der Waals surface area contributed by atoms with E-state index in [1.54, 1.807) is 0 Å². The van der Waals surface area contributed by atoms with Gasteiger partial charge >= 0.3 is 20.9 Å². The number of Topliss-reactive ketones (excluding diaryl/α,β-unsaturated/α-hetero) is 2. The number of rotatable bonds is 5. The van der Waals surface area contributed by atoms with E-state index in [0.29, 0.717) is 0 Å². The van der Waals surface area contributed by atoms with Crippen LogP contribution in [0.15, 0.2) is 0 Å². The van der Waals surface area contributed by atoms with Crippen molar-refractivity contribution >= 4 is 20.1 Å². The number of carbonyl (C=O) groups excluding carboxylic acids is 2. The van der Waals surface area contributed by atoms with Crippen LogP contribution in [0.4, 0.5) is 26.3 Å². The van der Waals surface area contributed by atoms with E-state index in [-0.39, 0.29) is 0 Å². The normalized spacial score (nSPS) is 13.8. The van der Waals surface area contributed by atoms with Gasteiger partial charge in [0.15, 0.2) is 0 Å². The van der Waals surface area contributed by atoms with Gasteiger partial charge in [0, 0.05) is 14.2 Å². The molecule has 0 unspecified atom stereocenters. The van der Waals surface area contributed by atoms with Crippen LogP contribution in [0.5, 0.6) is 0 Å². The van der Waals surface area contributed by atoms with Gasteiger partial charge in [0.2, 0.25) is 11.6 Å². The van der Waals surface area contributed by atoms with Gasteiger partial charge in [0.05, 0.1) is 0 Å². The zero-order valence-corrected chi connectivity index (χ0v) is 11.0. The average molecular weight is 312 g/mol. The Morgan fingerprint density at radius 2 is 1.16 bits per heavy atom. The number of halogens is 6. The maximum absolute atomic E-state index is 12.3. The van der Waals surface area contributed by atoms with E-state index in [0.717, 1.165) is 20.8 Å². The van der Waals surface area contributed by atoms with Crippen LogP contribution in [0, 0.1) is 0 Å². The predicted molar refractivity (Wildman–Crippen MR) is 51.5 cm³/mol. The summed E-state index contributed by atoms with van der Waals surface area (Å²) >= 11 is 0. The molecule has 0 radical (unpaired) electrons. The number of carbonyl (C=O) groups is 2. The van der Waals surface area contributed by atoms with Crippen molar-refractivity contribution in [3.05, 3.63) is 0 Å². The molecule has 0 aliphatic heterocycles. The lowest BCUT2D eigenvalue weighted by atomic mass is 10.2. The second-order valence-electron chi connectivity index (χ2n) is 3.58. The highest BCUT2D eigenvalue weighted by atomic mass is 28.4. The molecule has 0 spiro atoms. The Kier molecular flexibility index (Phi) is 5.31. The number of alkyl halides is 6. The highest BCUT2D eigenvalue weighted by molar-refractivity contribution is 6.76. The first-order chi connectivity index (χ1) is 8.31. The fourth-order valence-corrected chi connectivity index (χ4v) is 3.16. The summed E-state index contributed by atoms with van der Waals surface area (Å²) in [5, 5.41) is 0. The monoisotopic (exact) mass is 312 g/mol. The highest BCUT2D eigenvalue weighted by Gasteiger charge is 2.62. The van der Waals surface area contributed by atoms with E-state index >= 15 is 0 Å². The van der Waals surface area contributed by atoms with E-state index in [2.05, 4.69) is 8.85 Å². The summed E-state index contributed by atoms with van der Waals surface area (Å²) in [5.74, 6) is -5.65. The number of hydrogen-bond acceptors (Lipinski definition) is 4. The molecule has 4 nitrogen and oxygen atoms in total. The predicted octanol–water partition coefficient (Wildman–Crippen LogP) is 1.98. The molecular formula is C8H10F6O4Si. The maximum Gasteiger partial charge on any atom is 0.450 e. The number of hydrogen-bond donors (Lipinski definition) is 0. The van der Waals surface area contributed by atoms with Crippen LogP contribution in [-0.4, -0.2) is 46.7 Å². The molecule has 0 saturated carbocycles. The Labute approximate surface area is 104 Å². The molecule has 0 bridgehead atoms. The lowest BCUT2D eigenvalue weighted by molar-refractivity contribution is -0.183. The third-order valence-corrected chi connectivity index (χ3v) is 5.61. The molecule has 112 valence electrons. The first-order valence-electron chi connectivity index (χ1n) is 4.63. The summed E-state index contributed by atoms with van der Waals surface area (Å²) in [5.41, 5.74) is -3.05. The molecule has 0 aliphatic rings. The van der Waals surface area contributed by atoms with Gasteiger partial charge in [-0.15, -0.1) is 0 Å². The van der Waals surface area contributed by atoms with Crippen molar-refractivity contribution in [1.29, 1.82) is 0 Å². The minimum absolute atomic E-state index is 0.769. The van der Waals surface area contributed by atoms with Gasteiger partial charge in [-0.1, -0.05) is 0 Å². The minimum atomic E-state index is -5.60. The van der Waals surface area contributed by atoms with Crippen LogP contribution < -0.4 is 0 Å². The summed E-state index contributed by atoms with van der Waals surface area (Å²) in [7, 11) is -2.76. The lowest BCUT2D eigenvalue weighted by Gasteiger charge is -2.30. The first-order valence-corrected chi connectivity index (χ1v) is 7.03. The lowest BCUT2D eigenvalue weighted by Crippen LogP contribution is -2.54. The second kappa shape index (κ2) is 5.59. The molecule has 0 N–H and O–H groups in total. The summed E-state index contributed by atoms with van der Waals surface area (Å²) in [6.07, 6.45) is -11.2. The topological polar surface area (TPSA) is 52.6 Å². The molecule has 0 saturated heterocycles. The molecule has 0 atom stereocenters. The van der Waals surface area contributed by atoms with Crippen molar-refractivity contribution in [3.63, 3.8) is 0 Å². The summed E-state index contributed by atoms with van der Waals surface area (Å²) in [4.78, 5) is 22.1. The van der Waals surface area contributed by atoms with Crippen LogP contribution in [0.3, 0.4) is 0 Å². The van der Waals surface area contributed by atoms with Gasteiger partial charge in [-0.2, -0.15) is 26.3 Å². The molecule has 0 aromatic carbocycles. The van der Waals surface area contributed by atoms with Crippen LogP contribution in [0.2, 0.25) is 12.1 Å². The standard InChI is InChI=1S/C8H10F6O4Si/c1-17-19(3,18-2)4(5(15)7(9,10)11)6(16)8(12,13)14/h4H,1-3H3. The van der Waals surface area contributed by atoms with E-state index in [4.69, 9.17) is 0 Å². The molecule has 0 aromatic heterocycles. The van der Waals surface area contributed by atoms with Crippen molar-refractivity contribution in [3.8, 4) is 0 Å². The molecule has 19 heavy (non-hydrogen) atoms. The van der Waals surface area contributed by atoms with Crippen molar-refractivity contribution < 1.29 is 44.8 Å². The van der Waals surface area contributed by atoms with Crippen LogP contribution >= 0.6 is 0 Å². The van der Waals surface area contributed by atoms with Gasteiger partial charge in [0.1, 0.15) is 5.54 Å². The van der Waals surface area contributed by atoms with Crippen LogP contribution in [-0.2, 0) is 18.4 Å². The van der Waals surface area contributed by atoms with E-state index in [1.807, 2.05) is 0 Å². The van der Waals surface area contributed by atoms with Crippen molar-refractivity contribution in [2.45, 2.75) is 24.4 Å².